The molecule has 0 radical (unpaired) electrons. The van der Waals surface area contributed by atoms with Crippen LogP contribution in [0.5, 0.6) is 11.5 Å². The highest BCUT2D eigenvalue weighted by Crippen LogP contribution is 2.35. The maximum absolute atomic E-state index is 12.3. The molecule has 0 unspecified atom stereocenters. The maximum Gasteiger partial charge on any atom is 0.134 e. The number of methoxy groups -OCH3 is 1. The fourth-order valence-electron chi connectivity index (χ4n) is 1.08. The van der Waals surface area contributed by atoms with Gasteiger partial charge in [-0.2, -0.15) is 0 Å². The van der Waals surface area contributed by atoms with E-state index in [1.54, 1.807) is 6.07 Å². The first-order valence-corrected chi connectivity index (χ1v) is 4.77. The fraction of sp³-hybridized carbons (Fsp3) is 0.333. The minimum absolute atomic E-state index is 0.0454. The van der Waals surface area contributed by atoms with E-state index in [1.165, 1.54) is 13.2 Å². The van der Waals surface area contributed by atoms with Gasteiger partial charge in [0.15, 0.2) is 0 Å². The smallest absolute Gasteiger partial charge is 0.134 e. The van der Waals surface area contributed by atoms with Gasteiger partial charge in [-0.1, -0.05) is 0 Å². The standard InChI is InChI=1S/C9H11BrFNO2/c1-14-5-2-6(8(12)4-11)9(13)7(10)3-5/h2-3,8,13H,4,12H2,1H3/t8-/m1/s1. The van der Waals surface area contributed by atoms with Crippen LogP contribution in [0.3, 0.4) is 0 Å². The van der Waals surface area contributed by atoms with Gasteiger partial charge in [0.2, 0.25) is 0 Å². The fourth-order valence-corrected chi connectivity index (χ4v) is 1.53. The summed E-state index contributed by atoms with van der Waals surface area (Å²) in [5, 5.41) is 9.57. The van der Waals surface area contributed by atoms with Gasteiger partial charge >= 0.3 is 0 Å². The van der Waals surface area contributed by atoms with Crippen LogP contribution < -0.4 is 10.5 Å². The van der Waals surface area contributed by atoms with Crippen molar-refractivity contribution in [2.75, 3.05) is 13.8 Å². The zero-order chi connectivity index (χ0) is 10.7. The Kier molecular flexibility index (Phi) is 3.71. The minimum Gasteiger partial charge on any atom is -0.506 e. The van der Waals surface area contributed by atoms with E-state index in [1.807, 2.05) is 0 Å². The number of hydrogen-bond donors (Lipinski definition) is 2. The minimum atomic E-state index is -0.832. The summed E-state index contributed by atoms with van der Waals surface area (Å²) >= 11 is 3.13. The molecule has 3 N–H and O–H groups in total. The van der Waals surface area contributed by atoms with E-state index in [2.05, 4.69) is 15.9 Å². The van der Waals surface area contributed by atoms with E-state index in [0.29, 0.717) is 15.8 Å². The summed E-state index contributed by atoms with van der Waals surface area (Å²) in [5.74, 6) is 0.476. The van der Waals surface area contributed by atoms with Crippen molar-refractivity contribution in [3.8, 4) is 11.5 Å². The van der Waals surface area contributed by atoms with Gasteiger partial charge in [-0.05, 0) is 28.1 Å². The summed E-state index contributed by atoms with van der Waals surface area (Å²) < 4.78 is 17.7. The molecule has 0 spiro atoms. The molecule has 1 atom stereocenters. The average molecular weight is 264 g/mol. The summed E-state index contributed by atoms with van der Waals surface area (Å²) in [4.78, 5) is 0. The molecule has 0 saturated carbocycles. The van der Waals surface area contributed by atoms with E-state index in [0.717, 1.165) is 0 Å². The number of aromatic hydroxyl groups is 1. The molecule has 14 heavy (non-hydrogen) atoms. The van der Waals surface area contributed by atoms with E-state index in [-0.39, 0.29) is 5.75 Å². The van der Waals surface area contributed by atoms with E-state index < -0.39 is 12.7 Å². The second kappa shape index (κ2) is 4.61. The van der Waals surface area contributed by atoms with Crippen LogP contribution >= 0.6 is 15.9 Å². The number of alkyl halides is 1. The Morgan fingerprint density at radius 2 is 2.29 bits per heavy atom. The van der Waals surface area contributed by atoms with Crippen LogP contribution in [0, 0.1) is 0 Å². The Bertz CT molecular complexity index is 333. The van der Waals surface area contributed by atoms with Crippen LogP contribution in [-0.4, -0.2) is 18.9 Å². The van der Waals surface area contributed by atoms with Crippen molar-refractivity contribution in [1.29, 1.82) is 0 Å². The largest absolute Gasteiger partial charge is 0.506 e. The summed E-state index contributed by atoms with van der Waals surface area (Å²) in [7, 11) is 1.49. The van der Waals surface area contributed by atoms with Crippen molar-refractivity contribution in [1.82, 2.24) is 0 Å². The van der Waals surface area contributed by atoms with Gasteiger partial charge in [0.05, 0.1) is 17.6 Å². The molecule has 78 valence electrons. The maximum atomic E-state index is 12.3. The van der Waals surface area contributed by atoms with Crippen molar-refractivity contribution in [3.63, 3.8) is 0 Å². The summed E-state index contributed by atoms with van der Waals surface area (Å²) in [6.45, 7) is -0.729. The van der Waals surface area contributed by atoms with Gasteiger partial charge in [0.25, 0.3) is 0 Å². The second-order valence-corrected chi connectivity index (χ2v) is 3.66. The summed E-state index contributed by atoms with van der Waals surface area (Å²) in [5.41, 5.74) is 5.81. The van der Waals surface area contributed by atoms with Crippen molar-refractivity contribution < 1.29 is 14.2 Å². The monoisotopic (exact) mass is 263 g/mol. The number of ether oxygens (including phenoxy) is 1. The molecule has 3 nitrogen and oxygen atoms in total. The highest BCUT2D eigenvalue weighted by atomic mass is 79.9. The molecule has 0 heterocycles. The van der Waals surface area contributed by atoms with E-state index in [4.69, 9.17) is 10.5 Å². The predicted octanol–water partition coefficient (Wildman–Crippen LogP) is 2.13. The van der Waals surface area contributed by atoms with Crippen molar-refractivity contribution in [2.24, 2.45) is 5.73 Å². The highest BCUT2D eigenvalue weighted by Gasteiger charge is 2.14. The van der Waals surface area contributed by atoms with Crippen LogP contribution in [0.2, 0.25) is 0 Å². The lowest BCUT2D eigenvalue weighted by atomic mass is 10.1. The first kappa shape index (κ1) is 11.3. The van der Waals surface area contributed by atoms with E-state index >= 15 is 0 Å². The van der Waals surface area contributed by atoms with Gasteiger partial charge in [0, 0.05) is 5.56 Å². The lowest BCUT2D eigenvalue weighted by molar-refractivity contribution is 0.397. The van der Waals surface area contributed by atoms with Crippen LogP contribution in [0.4, 0.5) is 4.39 Å². The molecule has 0 fully saturated rings. The van der Waals surface area contributed by atoms with Gasteiger partial charge in [-0.15, -0.1) is 0 Å². The van der Waals surface area contributed by atoms with Gasteiger partial charge in [-0.25, -0.2) is 4.39 Å². The first-order valence-electron chi connectivity index (χ1n) is 3.98. The number of halogens is 2. The van der Waals surface area contributed by atoms with Crippen LogP contribution in [-0.2, 0) is 0 Å². The molecule has 0 aromatic heterocycles. The zero-order valence-electron chi connectivity index (χ0n) is 7.63. The SMILES string of the molecule is COc1cc(Br)c(O)c([C@H](N)CF)c1. The van der Waals surface area contributed by atoms with Crippen molar-refractivity contribution in [3.05, 3.63) is 22.2 Å². The average Bonchev–Trinajstić information content (AvgIpc) is 2.20. The van der Waals surface area contributed by atoms with E-state index in [9.17, 15) is 9.50 Å². The van der Waals surface area contributed by atoms with Crippen LogP contribution in [0.15, 0.2) is 16.6 Å². The topological polar surface area (TPSA) is 55.5 Å². The Balaban J connectivity index is 3.20. The molecule has 1 rings (SSSR count). The van der Waals surface area contributed by atoms with Gasteiger partial charge < -0.3 is 15.6 Å². The second-order valence-electron chi connectivity index (χ2n) is 2.81. The molecule has 0 bridgehead atoms. The molecular weight excluding hydrogens is 253 g/mol. The number of nitrogens with two attached hydrogens (primary N) is 1. The molecule has 5 heteroatoms. The number of phenolic OH excluding ortho intramolecular Hbond substituents is 1. The van der Waals surface area contributed by atoms with Crippen LogP contribution in [0.25, 0.3) is 0 Å². The quantitative estimate of drug-likeness (QED) is 0.879. The number of rotatable bonds is 3. The predicted molar refractivity (Wildman–Crippen MR) is 55.3 cm³/mol. The highest BCUT2D eigenvalue weighted by molar-refractivity contribution is 9.10. The molecule has 0 saturated heterocycles. The van der Waals surface area contributed by atoms with Gasteiger partial charge in [0.1, 0.15) is 18.2 Å². The lowest BCUT2D eigenvalue weighted by Crippen LogP contribution is -2.12. The molecule has 0 aliphatic rings. The molecule has 1 aromatic carbocycles. The zero-order valence-corrected chi connectivity index (χ0v) is 9.21. The number of phenols is 1. The first-order chi connectivity index (χ1) is 6.60. The molecule has 0 aliphatic heterocycles. The third-order valence-corrected chi connectivity index (χ3v) is 2.47. The summed E-state index contributed by atoms with van der Waals surface area (Å²) in [6, 6.07) is 2.27. The summed E-state index contributed by atoms with van der Waals surface area (Å²) in [6.07, 6.45) is 0. The lowest BCUT2D eigenvalue weighted by Gasteiger charge is -2.12. The Morgan fingerprint density at radius 1 is 1.64 bits per heavy atom. The number of benzene rings is 1. The van der Waals surface area contributed by atoms with Gasteiger partial charge in [-0.3, -0.25) is 0 Å². The third-order valence-electron chi connectivity index (χ3n) is 1.87. The van der Waals surface area contributed by atoms with Crippen LogP contribution in [0.1, 0.15) is 11.6 Å². The Labute approximate surface area is 89.8 Å². The normalized spacial score (nSPS) is 12.6. The van der Waals surface area contributed by atoms with Crippen molar-refractivity contribution in [2.45, 2.75) is 6.04 Å². The van der Waals surface area contributed by atoms with Crippen molar-refractivity contribution >= 4 is 15.9 Å². The molecule has 0 aliphatic carbocycles. The molecule has 0 amide bonds. The Hall–Kier alpha value is -0.810. The molecular formula is C9H11BrFNO2. The number of hydrogen-bond acceptors (Lipinski definition) is 3. The Morgan fingerprint density at radius 3 is 2.79 bits per heavy atom. The molecule has 1 aromatic rings. The third kappa shape index (κ3) is 2.16.